The second-order valence-corrected chi connectivity index (χ2v) is 8.56. The number of carbonyl (C=O) groups excluding carboxylic acids is 2. The van der Waals surface area contributed by atoms with E-state index in [4.69, 9.17) is 4.74 Å². The minimum atomic E-state index is -0.350. The number of amides is 1. The summed E-state index contributed by atoms with van der Waals surface area (Å²) in [6.45, 7) is 1.86. The van der Waals surface area contributed by atoms with Crippen LogP contribution in [0.1, 0.15) is 51.7 Å². The van der Waals surface area contributed by atoms with Gasteiger partial charge in [-0.3, -0.25) is 9.59 Å². The number of benzene rings is 2. The number of nitrogens with zero attached hydrogens (tertiary/aromatic N) is 1. The fourth-order valence-electron chi connectivity index (χ4n) is 3.66. The molecule has 0 radical (unpaired) electrons. The lowest BCUT2D eigenvalue weighted by atomic mass is 9.95. The first-order valence-corrected chi connectivity index (χ1v) is 11.2. The highest BCUT2D eigenvalue weighted by molar-refractivity contribution is 7.16. The molecule has 1 amide bonds. The minimum Gasteiger partial charge on any atom is -0.427 e. The van der Waals surface area contributed by atoms with Crippen LogP contribution in [0.2, 0.25) is 0 Å². The van der Waals surface area contributed by atoms with E-state index in [1.165, 1.54) is 11.8 Å². The molecule has 5 nitrogen and oxygen atoms in total. The first kappa shape index (κ1) is 21.0. The Morgan fingerprint density at radius 2 is 1.81 bits per heavy atom. The molecule has 3 aromatic rings. The highest BCUT2D eigenvalue weighted by Crippen LogP contribution is 2.39. The van der Waals surface area contributed by atoms with E-state index in [0.29, 0.717) is 17.9 Å². The van der Waals surface area contributed by atoms with Crippen molar-refractivity contribution < 1.29 is 14.3 Å². The van der Waals surface area contributed by atoms with Crippen molar-refractivity contribution in [1.82, 2.24) is 5.32 Å². The summed E-state index contributed by atoms with van der Waals surface area (Å²) in [6.07, 6.45) is 5.93. The molecule has 1 aliphatic rings. The third-order valence-corrected chi connectivity index (χ3v) is 6.35. The number of nitrogens with one attached hydrogen (secondary N) is 1. The van der Waals surface area contributed by atoms with Gasteiger partial charge in [0.25, 0.3) is 5.91 Å². The van der Waals surface area contributed by atoms with Crippen LogP contribution in [0, 0.1) is 0 Å². The van der Waals surface area contributed by atoms with Crippen LogP contribution in [0.5, 0.6) is 5.75 Å². The van der Waals surface area contributed by atoms with Gasteiger partial charge in [0.2, 0.25) is 0 Å². The van der Waals surface area contributed by atoms with Crippen molar-refractivity contribution in [2.45, 2.75) is 39.2 Å². The molecule has 0 bridgehead atoms. The molecule has 0 unspecified atom stereocenters. The molecule has 1 aliphatic carbocycles. The van der Waals surface area contributed by atoms with Crippen molar-refractivity contribution in [2.75, 3.05) is 0 Å². The maximum absolute atomic E-state index is 13.1. The third kappa shape index (κ3) is 5.27. The summed E-state index contributed by atoms with van der Waals surface area (Å²) in [5.41, 5.74) is 3.80. The van der Waals surface area contributed by atoms with E-state index in [2.05, 4.69) is 10.3 Å². The molecule has 6 heteroatoms. The number of ether oxygens (including phenoxy) is 1. The monoisotopic (exact) mass is 432 g/mol. The van der Waals surface area contributed by atoms with Crippen LogP contribution in [0.4, 0.5) is 5.00 Å². The maximum Gasteiger partial charge on any atom is 0.308 e. The number of hydrogen-bond donors (Lipinski definition) is 1. The van der Waals surface area contributed by atoms with Gasteiger partial charge in [-0.2, -0.15) is 0 Å². The number of carbonyl (C=O) groups is 2. The molecule has 0 saturated heterocycles. The Labute approximate surface area is 185 Å². The summed E-state index contributed by atoms with van der Waals surface area (Å²) in [7, 11) is 0. The van der Waals surface area contributed by atoms with E-state index in [-0.39, 0.29) is 11.9 Å². The zero-order valence-corrected chi connectivity index (χ0v) is 18.2. The Morgan fingerprint density at radius 3 is 2.55 bits per heavy atom. The Morgan fingerprint density at radius 1 is 1.06 bits per heavy atom. The predicted molar refractivity (Wildman–Crippen MR) is 124 cm³/mol. The van der Waals surface area contributed by atoms with Crippen LogP contribution in [-0.4, -0.2) is 18.1 Å². The lowest BCUT2D eigenvalue weighted by molar-refractivity contribution is -0.131. The highest BCUT2D eigenvalue weighted by Gasteiger charge is 2.25. The predicted octanol–water partition coefficient (Wildman–Crippen LogP) is 5.23. The number of aryl methyl sites for hydroxylation is 1. The van der Waals surface area contributed by atoms with Crippen LogP contribution < -0.4 is 10.1 Å². The molecule has 1 N–H and O–H groups in total. The lowest BCUT2D eigenvalue weighted by Crippen LogP contribution is -2.24. The van der Waals surface area contributed by atoms with Gasteiger partial charge in [0.1, 0.15) is 10.8 Å². The average molecular weight is 433 g/mol. The molecule has 0 atom stereocenters. The molecule has 1 heterocycles. The van der Waals surface area contributed by atoms with Crippen molar-refractivity contribution in [3.63, 3.8) is 0 Å². The third-order valence-electron chi connectivity index (χ3n) is 5.15. The summed E-state index contributed by atoms with van der Waals surface area (Å²) < 4.78 is 5.07. The van der Waals surface area contributed by atoms with E-state index in [1.807, 2.05) is 42.5 Å². The van der Waals surface area contributed by atoms with Crippen LogP contribution in [0.25, 0.3) is 0 Å². The molecule has 0 fully saturated rings. The molecule has 0 saturated carbocycles. The first-order chi connectivity index (χ1) is 15.1. The van der Waals surface area contributed by atoms with Gasteiger partial charge in [0.05, 0.1) is 5.56 Å². The fourth-order valence-corrected chi connectivity index (χ4v) is 4.89. The molecule has 1 aromatic heterocycles. The van der Waals surface area contributed by atoms with Crippen LogP contribution in [0.15, 0.2) is 59.6 Å². The van der Waals surface area contributed by atoms with Crippen molar-refractivity contribution in [1.29, 1.82) is 0 Å². The van der Waals surface area contributed by atoms with Crippen molar-refractivity contribution in [2.24, 2.45) is 4.99 Å². The van der Waals surface area contributed by atoms with Crippen molar-refractivity contribution >= 4 is 34.4 Å². The molecule has 0 spiro atoms. The zero-order chi connectivity index (χ0) is 21.6. The number of rotatable bonds is 6. The van der Waals surface area contributed by atoms with Gasteiger partial charge in [-0.1, -0.05) is 30.3 Å². The van der Waals surface area contributed by atoms with Crippen molar-refractivity contribution in [3.8, 4) is 5.75 Å². The number of hydrogen-bond acceptors (Lipinski definition) is 5. The van der Waals surface area contributed by atoms with Crippen molar-refractivity contribution in [3.05, 3.63) is 81.7 Å². The molecule has 2 aromatic carbocycles. The van der Waals surface area contributed by atoms with Crippen LogP contribution in [-0.2, 0) is 24.2 Å². The number of fused-ring (bicyclic) bond motifs is 1. The van der Waals surface area contributed by atoms with Gasteiger partial charge in [-0.25, -0.2) is 4.99 Å². The van der Waals surface area contributed by atoms with Gasteiger partial charge < -0.3 is 10.1 Å². The quantitative estimate of drug-likeness (QED) is 0.329. The van der Waals surface area contributed by atoms with E-state index in [9.17, 15) is 9.59 Å². The minimum absolute atomic E-state index is 0.0689. The van der Waals surface area contributed by atoms with E-state index in [1.54, 1.807) is 29.7 Å². The first-order valence-electron chi connectivity index (χ1n) is 10.4. The average Bonchev–Trinajstić information content (AvgIpc) is 3.16. The molecule has 31 heavy (non-hydrogen) atoms. The van der Waals surface area contributed by atoms with Crippen LogP contribution >= 0.6 is 11.3 Å². The molecule has 0 aliphatic heterocycles. The highest BCUT2D eigenvalue weighted by atomic mass is 32.1. The number of aliphatic imine (C=N–C) groups is 1. The van der Waals surface area contributed by atoms with E-state index in [0.717, 1.165) is 47.4 Å². The normalized spacial score (nSPS) is 13.1. The second-order valence-electron chi connectivity index (χ2n) is 7.48. The van der Waals surface area contributed by atoms with E-state index >= 15 is 0 Å². The second kappa shape index (κ2) is 9.71. The summed E-state index contributed by atoms with van der Waals surface area (Å²) >= 11 is 1.61. The molecular weight excluding hydrogens is 408 g/mol. The Balaban J connectivity index is 1.55. The molecule has 158 valence electrons. The smallest absolute Gasteiger partial charge is 0.308 e. The number of esters is 1. The van der Waals surface area contributed by atoms with Gasteiger partial charge in [-0.15, -0.1) is 11.3 Å². The van der Waals surface area contributed by atoms with Gasteiger partial charge in [-0.05, 0) is 66.6 Å². The standard InChI is InChI=1S/C25H24N2O3S/c1-17(28)30-20-13-11-19(12-14-20)16-27-25-23(21-9-5-6-10-22(21)31-25)24(29)26-15-18-7-3-2-4-8-18/h2-4,7-8,11-14,16H,5-6,9-10,15H2,1H3,(H,26,29). The summed E-state index contributed by atoms with van der Waals surface area (Å²) in [5, 5.41) is 3.81. The van der Waals surface area contributed by atoms with Gasteiger partial charge >= 0.3 is 5.97 Å². The Hall–Kier alpha value is -3.25. The fraction of sp³-hybridized carbons (Fsp3) is 0.240. The summed E-state index contributed by atoms with van der Waals surface area (Å²) in [4.78, 5) is 30.1. The molecular formula is C25H24N2O3S. The van der Waals surface area contributed by atoms with Gasteiger partial charge in [0.15, 0.2) is 0 Å². The SMILES string of the molecule is CC(=O)Oc1ccc(C=Nc2sc3c(c2C(=O)NCc2ccccc2)CCCC3)cc1. The molecule has 4 rings (SSSR count). The number of thiophene rings is 1. The Kier molecular flexibility index (Phi) is 6.57. The van der Waals surface area contributed by atoms with Gasteiger partial charge in [0, 0.05) is 24.6 Å². The van der Waals surface area contributed by atoms with Crippen LogP contribution in [0.3, 0.4) is 0 Å². The summed E-state index contributed by atoms with van der Waals surface area (Å²) in [6, 6.07) is 17.0. The Bertz CT molecular complexity index is 1100. The maximum atomic E-state index is 13.1. The lowest BCUT2D eigenvalue weighted by Gasteiger charge is -2.12. The van der Waals surface area contributed by atoms with E-state index < -0.39 is 0 Å². The summed E-state index contributed by atoms with van der Waals surface area (Å²) in [5.74, 6) is 0.0783. The largest absolute Gasteiger partial charge is 0.427 e. The zero-order valence-electron chi connectivity index (χ0n) is 17.4. The topological polar surface area (TPSA) is 67.8 Å².